The summed E-state index contributed by atoms with van der Waals surface area (Å²) in [6, 6.07) is 0.851. The summed E-state index contributed by atoms with van der Waals surface area (Å²) in [5.74, 6) is 0.898. The maximum Gasteiger partial charge on any atom is 0.0647 e. The smallest absolute Gasteiger partial charge is 0.0647 e. The van der Waals surface area contributed by atoms with Crippen molar-refractivity contribution in [3.63, 3.8) is 0 Å². The van der Waals surface area contributed by atoms with Crippen LogP contribution in [0.5, 0.6) is 0 Å². The first-order chi connectivity index (χ1) is 6.68. The number of likely N-dealkylation sites (N-methyl/N-ethyl adjacent to an activating group) is 1. The standard InChI is InChI=1S/C10H19NO.C2H6/c1-8-4-9-6-10(5-8,7-12-3)11(9)2;1-2/h8-9H,4-7H2,1-3H3;1-2H3. The molecule has 3 unspecified atom stereocenters. The average molecular weight is 199 g/mol. The minimum atomic E-state index is 0.414. The summed E-state index contributed by atoms with van der Waals surface area (Å²) < 4.78 is 5.30. The van der Waals surface area contributed by atoms with Gasteiger partial charge in [0.05, 0.1) is 6.61 Å². The van der Waals surface area contributed by atoms with Crippen LogP contribution < -0.4 is 0 Å². The van der Waals surface area contributed by atoms with Gasteiger partial charge in [-0.25, -0.2) is 0 Å². The molecule has 3 fully saturated rings. The Morgan fingerprint density at radius 1 is 1.36 bits per heavy atom. The summed E-state index contributed by atoms with van der Waals surface area (Å²) in [6.45, 7) is 7.29. The molecule has 2 heterocycles. The molecule has 0 aromatic rings. The highest BCUT2D eigenvalue weighted by Gasteiger charge is 2.53. The highest BCUT2D eigenvalue weighted by molar-refractivity contribution is 5.09. The van der Waals surface area contributed by atoms with Crippen molar-refractivity contribution in [1.29, 1.82) is 0 Å². The summed E-state index contributed by atoms with van der Waals surface area (Å²) in [6.07, 6.45) is 4.08. The topological polar surface area (TPSA) is 12.5 Å². The Balaban J connectivity index is 0.000000461. The van der Waals surface area contributed by atoms with Gasteiger partial charge in [-0.05, 0) is 32.2 Å². The lowest BCUT2D eigenvalue weighted by Gasteiger charge is -2.62. The lowest BCUT2D eigenvalue weighted by Crippen LogP contribution is -2.70. The van der Waals surface area contributed by atoms with E-state index < -0.39 is 0 Å². The fourth-order valence-electron chi connectivity index (χ4n) is 3.15. The Bertz CT molecular complexity index is 179. The monoisotopic (exact) mass is 199 g/mol. The van der Waals surface area contributed by atoms with E-state index in [0.717, 1.165) is 18.6 Å². The van der Waals surface area contributed by atoms with E-state index in [9.17, 15) is 0 Å². The quantitative estimate of drug-likeness (QED) is 0.677. The third kappa shape index (κ3) is 1.82. The number of nitrogens with zero attached hydrogens (tertiary/aromatic N) is 1. The van der Waals surface area contributed by atoms with Gasteiger partial charge in [0.2, 0.25) is 0 Å². The Morgan fingerprint density at radius 3 is 2.50 bits per heavy atom. The molecule has 2 saturated heterocycles. The van der Waals surface area contributed by atoms with Crippen LogP contribution in [0.1, 0.15) is 40.0 Å². The van der Waals surface area contributed by atoms with E-state index in [1.807, 2.05) is 21.0 Å². The fraction of sp³-hybridized carbons (Fsp3) is 1.00. The van der Waals surface area contributed by atoms with Crippen molar-refractivity contribution in [1.82, 2.24) is 4.90 Å². The van der Waals surface area contributed by atoms with E-state index in [2.05, 4.69) is 18.9 Å². The van der Waals surface area contributed by atoms with Crippen LogP contribution in [0.25, 0.3) is 0 Å². The van der Waals surface area contributed by atoms with Crippen molar-refractivity contribution >= 4 is 0 Å². The van der Waals surface area contributed by atoms with Crippen molar-refractivity contribution < 1.29 is 4.74 Å². The zero-order valence-corrected chi connectivity index (χ0v) is 10.3. The number of fused-ring (bicyclic) bond motifs is 2. The van der Waals surface area contributed by atoms with E-state index in [0.29, 0.717) is 5.54 Å². The van der Waals surface area contributed by atoms with Gasteiger partial charge in [-0.2, -0.15) is 0 Å². The van der Waals surface area contributed by atoms with Crippen LogP contribution in [-0.2, 0) is 4.74 Å². The summed E-state index contributed by atoms with van der Waals surface area (Å²) >= 11 is 0. The molecule has 3 atom stereocenters. The highest BCUT2D eigenvalue weighted by atomic mass is 16.5. The molecule has 0 aromatic heterocycles. The van der Waals surface area contributed by atoms with Crippen molar-refractivity contribution in [2.45, 2.75) is 51.6 Å². The molecule has 2 heteroatoms. The molecule has 14 heavy (non-hydrogen) atoms. The van der Waals surface area contributed by atoms with Gasteiger partial charge in [0.15, 0.2) is 0 Å². The first-order valence-electron chi connectivity index (χ1n) is 5.90. The van der Waals surface area contributed by atoms with Crippen LogP contribution in [0, 0.1) is 5.92 Å². The minimum Gasteiger partial charge on any atom is -0.383 e. The largest absolute Gasteiger partial charge is 0.383 e. The second kappa shape index (κ2) is 4.63. The van der Waals surface area contributed by atoms with Crippen LogP contribution in [0.15, 0.2) is 0 Å². The molecule has 1 aliphatic carbocycles. The number of ether oxygens (including phenoxy) is 1. The second-order valence-corrected chi connectivity index (χ2v) is 4.67. The van der Waals surface area contributed by atoms with Crippen molar-refractivity contribution in [2.75, 3.05) is 20.8 Å². The molecule has 1 saturated carbocycles. The average Bonchev–Trinajstić information content (AvgIpc) is 2.20. The summed E-state index contributed by atoms with van der Waals surface area (Å²) in [5, 5.41) is 0. The summed E-state index contributed by atoms with van der Waals surface area (Å²) in [5.41, 5.74) is 0.414. The minimum absolute atomic E-state index is 0.414. The third-order valence-corrected chi connectivity index (χ3v) is 3.73. The molecular weight excluding hydrogens is 174 g/mol. The number of methoxy groups -OCH3 is 1. The van der Waals surface area contributed by atoms with Crippen molar-refractivity contribution in [3.05, 3.63) is 0 Å². The van der Waals surface area contributed by atoms with Gasteiger partial charge in [-0.1, -0.05) is 20.8 Å². The highest BCUT2D eigenvalue weighted by Crippen LogP contribution is 2.48. The maximum atomic E-state index is 5.30. The number of hydrogen-bond donors (Lipinski definition) is 0. The SMILES string of the molecule is CC.COCC12CC(C)CC(C1)N2C. The molecule has 84 valence electrons. The number of hydrogen-bond acceptors (Lipinski definition) is 2. The molecule has 0 radical (unpaired) electrons. The van der Waals surface area contributed by atoms with E-state index in [-0.39, 0.29) is 0 Å². The molecule has 2 nitrogen and oxygen atoms in total. The Hall–Kier alpha value is -0.0800. The molecule has 0 aromatic carbocycles. The van der Waals surface area contributed by atoms with Crippen LogP contribution >= 0.6 is 0 Å². The first kappa shape index (κ1) is 12.0. The molecule has 0 amide bonds. The number of rotatable bonds is 2. The lowest BCUT2D eigenvalue weighted by atomic mass is 9.65. The fourth-order valence-corrected chi connectivity index (χ4v) is 3.15. The van der Waals surface area contributed by atoms with Gasteiger partial charge in [-0.3, -0.25) is 4.90 Å². The van der Waals surface area contributed by atoms with Gasteiger partial charge in [0.1, 0.15) is 0 Å². The zero-order chi connectivity index (χ0) is 10.8. The molecule has 0 N–H and O–H groups in total. The van der Waals surface area contributed by atoms with Gasteiger partial charge in [0.25, 0.3) is 0 Å². The van der Waals surface area contributed by atoms with Gasteiger partial charge in [0, 0.05) is 18.7 Å². The summed E-state index contributed by atoms with van der Waals surface area (Å²) in [7, 11) is 4.06. The Morgan fingerprint density at radius 2 is 2.00 bits per heavy atom. The lowest BCUT2D eigenvalue weighted by molar-refractivity contribution is -0.141. The first-order valence-corrected chi connectivity index (χ1v) is 5.90. The van der Waals surface area contributed by atoms with E-state index in [1.165, 1.54) is 19.3 Å². The van der Waals surface area contributed by atoms with Crippen LogP contribution in [0.2, 0.25) is 0 Å². The molecule has 3 aliphatic rings. The number of piperidine rings is 1. The van der Waals surface area contributed by atoms with E-state index in [1.54, 1.807) is 0 Å². The predicted molar refractivity (Wildman–Crippen MR) is 60.5 cm³/mol. The van der Waals surface area contributed by atoms with Crippen molar-refractivity contribution in [2.24, 2.45) is 5.92 Å². The predicted octanol–water partition coefficient (Wildman–Crippen LogP) is 2.53. The van der Waals surface area contributed by atoms with Crippen LogP contribution in [0.4, 0.5) is 0 Å². The van der Waals surface area contributed by atoms with Crippen LogP contribution in [0.3, 0.4) is 0 Å². The normalized spacial score (nSPS) is 40.9. The Labute approximate surface area is 88.6 Å². The maximum absolute atomic E-state index is 5.30. The second-order valence-electron chi connectivity index (χ2n) is 4.67. The molecular formula is C12H25NO. The van der Waals surface area contributed by atoms with Gasteiger partial charge < -0.3 is 4.74 Å². The third-order valence-electron chi connectivity index (χ3n) is 3.73. The summed E-state index contributed by atoms with van der Waals surface area (Å²) in [4.78, 5) is 2.52. The molecule has 2 aliphatic heterocycles. The van der Waals surface area contributed by atoms with Crippen molar-refractivity contribution in [3.8, 4) is 0 Å². The van der Waals surface area contributed by atoms with Gasteiger partial charge >= 0.3 is 0 Å². The Kier molecular flexibility index (Phi) is 3.96. The van der Waals surface area contributed by atoms with Crippen LogP contribution in [-0.4, -0.2) is 37.2 Å². The van der Waals surface area contributed by atoms with E-state index >= 15 is 0 Å². The molecule has 3 rings (SSSR count). The van der Waals surface area contributed by atoms with E-state index in [4.69, 9.17) is 4.74 Å². The molecule has 0 spiro atoms. The zero-order valence-electron chi connectivity index (χ0n) is 10.3. The molecule has 2 bridgehead atoms. The van der Waals surface area contributed by atoms with Gasteiger partial charge in [-0.15, -0.1) is 0 Å².